The van der Waals surface area contributed by atoms with Crippen molar-refractivity contribution in [2.45, 2.75) is 11.8 Å². The van der Waals surface area contributed by atoms with Gasteiger partial charge in [-0.1, -0.05) is 12.1 Å². The second kappa shape index (κ2) is 5.57. The fraction of sp³-hybridized carbons (Fsp3) is 0.133. The van der Waals surface area contributed by atoms with Crippen molar-refractivity contribution < 1.29 is 13.2 Å². The number of anilines is 2. The van der Waals surface area contributed by atoms with Crippen LogP contribution in [0.3, 0.4) is 0 Å². The third-order valence-electron chi connectivity index (χ3n) is 3.03. The number of amides is 1. The minimum atomic E-state index is -3.31. The maximum absolute atomic E-state index is 12.2. The maximum Gasteiger partial charge on any atom is 0.256 e. The molecule has 6 heteroatoms. The molecule has 0 atom stereocenters. The van der Waals surface area contributed by atoms with E-state index < -0.39 is 9.84 Å². The fourth-order valence-corrected chi connectivity index (χ4v) is 2.55. The van der Waals surface area contributed by atoms with Gasteiger partial charge in [-0.05, 0) is 42.8 Å². The molecule has 5 nitrogen and oxygen atoms in total. The minimum absolute atomic E-state index is 0.157. The van der Waals surface area contributed by atoms with Crippen LogP contribution in [0.5, 0.6) is 0 Å². The largest absolute Gasteiger partial charge is 0.399 e. The van der Waals surface area contributed by atoms with E-state index in [-0.39, 0.29) is 10.8 Å². The van der Waals surface area contributed by atoms with Crippen LogP contribution in [0.4, 0.5) is 11.4 Å². The van der Waals surface area contributed by atoms with Gasteiger partial charge in [-0.15, -0.1) is 0 Å². The minimum Gasteiger partial charge on any atom is -0.399 e. The van der Waals surface area contributed by atoms with E-state index in [1.54, 1.807) is 37.3 Å². The average Bonchev–Trinajstić information content (AvgIpc) is 2.41. The molecule has 0 aliphatic heterocycles. The molecule has 0 aromatic heterocycles. The van der Waals surface area contributed by atoms with Gasteiger partial charge in [-0.3, -0.25) is 4.79 Å². The number of benzene rings is 2. The lowest BCUT2D eigenvalue weighted by atomic mass is 10.1. The molecule has 2 rings (SSSR count). The van der Waals surface area contributed by atoms with Crippen LogP contribution in [-0.4, -0.2) is 20.6 Å². The molecule has 0 bridgehead atoms. The molecule has 0 unspecified atom stereocenters. The van der Waals surface area contributed by atoms with Crippen molar-refractivity contribution >= 4 is 27.1 Å². The standard InChI is InChI=1S/C15H16N2O3S/c1-10-6-7-11(16)8-14(10)15(18)17-12-4-3-5-13(9-12)21(2,19)20/h3-9H,16H2,1-2H3,(H,17,18). The van der Waals surface area contributed by atoms with E-state index >= 15 is 0 Å². The predicted molar refractivity (Wildman–Crippen MR) is 83.1 cm³/mol. The van der Waals surface area contributed by atoms with E-state index in [2.05, 4.69) is 5.32 Å². The number of nitrogen functional groups attached to an aromatic ring is 1. The molecule has 3 N–H and O–H groups in total. The first-order valence-electron chi connectivity index (χ1n) is 6.25. The van der Waals surface area contributed by atoms with Crippen LogP contribution in [0.2, 0.25) is 0 Å². The number of hydrogen-bond donors (Lipinski definition) is 2. The molecule has 0 spiro atoms. The molecule has 110 valence electrons. The molecule has 0 saturated carbocycles. The smallest absolute Gasteiger partial charge is 0.256 e. The zero-order chi connectivity index (χ0) is 15.6. The Kier molecular flexibility index (Phi) is 3.99. The molecule has 0 heterocycles. The van der Waals surface area contributed by atoms with Gasteiger partial charge < -0.3 is 11.1 Å². The summed E-state index contributed by atoms with van der Waals surface area (Å²) in [4.78, 5) is 12.4. The summed E-state index contributed by atoms with van der Waals surface area (Å²) < 4.78 is 23.0. The van der Waals surface area contributed by atoms with Gasteiger partial charge in [0.1, 0.15) is 0 Å². The van der Waals surface area contributed by atoms with Gasteiger partial charge in [0.2, 0.25) is 0 Å². The summed E-state index contributed by atoms with van der Waals surface area (Å²) in [6, 6.07) is 11.2. The second-order valence-electron chi connectivity index (χ2n) is 4.83. The van der Waals surface area contributed by atoms with Crippen LogP contribution in [-0.2, 0) is 9.84 Å². The second-order valence-corrected chi connectivity index (χ2v) is 6.84. The van der Waals surface area contributed by atoms with Crippen LogP contribution < -0.4 is 11.1 Å². The monoisotopic (exact) mass is 304 g/mol. The first-order valence-corrected chi connectivity index (χ1v) is 8.14. The Morgan fingerprint density at radius 3 is 2.52 bits per heavy atom. The predicted octanol–water partition coefficient (Wildman–Crippen LogP) is 2.23. The molecule has 0 aliphatic rings. The highest BCUT2D eigenvalue weighted by atomic mass is 32.2. The summed E-state index contributed by atoms with van der Waals surface area (Å²) in [6.07, 6.45) is 1.12. The molecule has 0 fully saturated rings. The average molecular weight is 304 g/mol. The Morgan fingerprint density at radius 2 is 1.86 bits per heavy atom. The Morgan fingerprint density at radius 1 is 1.14 bits per heavy atom. The third-order valence-corrected chi connectivity index (χ3v) is 4.14. The van der Waals surface area contributed by atoms with Crippen molar-refractivity contribution in [3.63, 3.8) is 0 Å². The van der Waals surface area contributed by atoms with Crippen molar-refractivity contribution in [2.75, 3.05) is 17.3 Å². The van der Waals surface area contributed by atoms with Gasteiger partial charge in [0, 0.05) is 23.2 Å². The number of rotatable bonds is 3. The van der Waals surface area contributed by atoms with E-state index in [4.69, 9.17) is 5.73 Å². The molecular formula is C15H16N2O3S. The van der Waals surface area contributed by atoms with Crippen molar-refractivity contribution in [1.82, 2.24) is 0 Å². The zero-order valence-electron chi connectivity index (χ0n) is 11.8. The maximum atomic E-state index is 12.2. The van der Waals surface area contributed by atoms with Gasteiger partial charge in [0.25, 0.3) is 5.91 Å². The molecule has 2 aromatic rings. The van der Waals surface area contributed by atoms with E-state index in [1.807, 2.05) is 0 Å². The summed E-state index contributed by atoms with van der Waals surface area (Å²) in [7, 11) is -3.31. The first-order chi connectivity index (χ1) is 9.77. The highest BCUT2D eigenvalue weighted by Gasteiger charge is 2.12. The Labute approximate surface area is 123 Å². The van der Waals surface area contributed by atoms with E-state index in [1.165, 1.54) is 12.1 Å². The topological polar surface area (TPSA) is 89.3 Å². The fourth-order valence-electron chi connectivity index (χ4n) is 1.89. The first kappa shape index (κ1) is 15.1. The number of nitrogens with two attached hydrogens (primary N) is 1. The van der Waals surface area contributed by atoms with E-state index in [0.717, 1.165) is 11.8 Å². The van der Waals surface area contributed by atoms with Crippen LogP contribution in [0.25, 0.3) is 0 Å². The number of carbonyl (C=O) groups excluding carboxylic acids is 1. The van der Waals surface area contributed by atoms with Gasteiger partial charge in [0.15, 0.2) is 9.84 Å². The molecule has 0 saturated heterocycles. The van der Waals surface area contributed by atoms with E-state index in [0.29, 0.717) is 16.9 Å². The highest BCUT2D eigenvalue weighted by Crippen LogP contribution is 2.18. The van der Waals surface area contributed by atoms with Crippen LogP contribution >= 0.6 is 0 Å². The molecule has 0 radical (unpaired) electrons. The number of nitrogens with one attached hydrogen (secondary N) is 1. The number of sulfone groups is 1. The molecule has 2 aromatic carbocycles. The number of carbonyl (C=O) groups is 1. The van der Waals surface area contributed by atoms with Crippen molar-refractivity contribution in [1.29, 1.82) is 0 Å². The van der Waals surface area contributed by atoms with Crippen molar-refractivity contribution in [3.8, 4) is 0 Å². The highest BCUT2D eigenvalue weighted by molar-refractivity contribution is 7.90. The number of hydrogen-bond acceptors (Lipinski definition) is 4. The number of aryl methyl sites for hydroxylation is 1. The summed E-state index contributed by atoms with van der Waals surface area (Å²) in [5.41, 5.74) is 7.85. The Bertz CT molecular complexity index is 798. The van der Waals surface area contributed by atoms with Crippen LogP contribution in [0.15, 0.2) is 47.4 Å². The zero-order valence-corrected chi connectivity index (χ0v) is 12.6. The lowest BCUT2D eigenvalue weighted by Gasteiger charge is -2.09. The van der Waals surface area contributed by atoms with Gasteiger partial charge >= 0.3 is 0 Å². The normalized spacial score (nSPS) is 11.1. The lowest BCUT2D eigenvalue weighted by Crippen LogP contribution is -2.14. The quantitative estimate of drug-likeness (QED) is 0.851. The molecule has 0 aliphatic carbocycles. The van der Waals surface area contributed by atoms with Crippen LogP contribution in [0.1, 0.15) is 15.9 Å². The summed E-state index contributed by atoms with van der Waals surface area (Å²) in [5.74, 6) is -0.328. The summed E-state index contributed by atoms with van der Waals surface area (Å²) in [6.45, 7) is 1.81. The summed E-state index contributed by atoms with van der Waals surface area (Å²) in [5, 5.41) is 2.68. The molecule has 1 amide bonds. The molecule has 21 heavy (non-hydrogen) atoms. The van der Waals surface area contributed by atoms with Gasteiger partial charge in [-0.25, -0.2) is 8.42 Å². The van der Waals surface area contributed by atoms with E-state index in [9.17, 15) is 13.2 Å². The lowest BCUT2D eigenvalue weighted by molar-refractivity contribution is 0.102. The van der Waals surface area contributed by atoms with Crippen molar-refractivity contribution in [3.05, 3.63) is 53.6 Å². The van der Waals surface area contributed by atoms with Gasteiger partial charge in [0.05, 0.1) is 4.90 Å². The SMILES string of the molecule is Cc1ccc(N)cc1C(=O)Nc1cccc(S(C)(=O)=O)c1. The summed E-state index contributed by atoms with van der Waals surface area (Å²) >= 11 is 0. The van der Waals surface area contributed by atoms with Gasteiger partial charge in [-0.2, -0.15) is 0 Å². The van der Waals surface area contributed by atoms with Crippen molar-refractivity contribution in [2.24, 2.45) is 0 Å². The third kappa shape index (κ3) is 3.61. The van der Waals surface area contributed by atoms with Crippen LogP contribution in [0, 0.1) is 6.92 Å². The molecular weight excluding hydrogens is 288 g/mol. The Hall–Kier alpha value is -2.34. The Balaban J connectivity index is 2.30.